The molecule has 0 heteroatoms. The Labute approximate surface area is 364 Å². The average Bonchev–Trinajstić information content (AvgIpc) is 3.82. The van der Waals surface area contributed by atoms with Gasteiger partial charge in [-0.05, 0) is 122 Å². The average molecular weight is 791 g/mol. The van der Waals surface area contributed by atoms with Crippen molar-refractivity contribution in [2.24, 2.45) is 11.8 Å². The van der Waals surface area contributed by atoms with Gasteiger partial charge < -0.3 is 0 Å². The van der Waals surface area contributed by atoms with Gasteiger partial charge >= 0.3 is 0 Å². The van der Waals surface area contributed by atoms with Crippen LogP contribution in [0, 0.1) is 11.8 Å². The summed E-state index contributed by atoms with van der Waals surface area (Å²) in [7, 11) is 0. The van der Waals surface area contributed by atoms with Gasteiger partial charge in [0.2, 0.25) is 0 Å². The molecule has 8 aromatic rings. The molecule has 0 fully saturated rings. The summed E-state index contributed by atoms with van der Waals surface area (Å²) in [6, 6.07) is 69.6. The summed E-state index contributed by atoms with van der Waals surface area (Å²) in [5.41, 5.74) is 22.9. The van der Waals surface area contributed by atoms with E-state index in [1.165, 1.54) is 116 Å². The van der Waals surface area contributed by atoms with E-state index >= 15 is 0 Å². The van der Waals surface area contributed by atoms with Gasteiger partial charge in [0.1, 0.15) is 0 Å². The molecule has 0 spiro atoms. The molecule has 0 aromatic heterocycles. The molecule has 4 aliphatic carbocycles. The molecule has 0 nitrogen and oxygen atoms in total. The van der Waals surface area contributed by atoms with E-state index in [0.29, 0.717) is 0 Å². The lowest BCUT2D eigenvalue weighted by Crippen LogP contribution is -2.18. The first-order valence-electron chi connectivity index (χ1n) is 22.1. The molecule has 2 unspecified atom stereocenters. The van der Waals surface area contributed by atoms with E-state index in [1.54, 1.807) is 0 Å². The van der Waals surface area contributed by atoms with Crippen molar-refractivity contribution in [1.29, 1.82) is 0 Å². The van der Waals surface area contributed by atoms with E-state index in [2.05, 4.69) is 233 Å². The summed E-state index contributed by atoms with van der Waals surface area (Å²) in [4.78, 5) is 0. The van der Waals surface area contributed by atoms with Crippen LogP contribution in [0.1, 0.15) is 48.6 Å². The highest BCUT2D eigenvalue weighted by molar-refractivity contribution is 6.23. The minimum atomic E-state index is 0.0188. The van der Waals surface area contributed by atoms with Crippen molar-refractivity contribution in [2.75, 3.05) is 0 Å². The number of fused-ring (bicyclic) bond motifs is 8. The van der Waals surface area contributed by atoms with Crippen LogP contribution < -0.4 is 0 Å². The molecular formula is C62H46. The van der Waals surface area contributed by atoms with Crippen molar-refractivity contribution >= 4 is 43.8 Å². The van der Waals surface area contributed by atoms with Crippen molar-refractivity contribution in [2.45, 2.75) is 26.2 Å². The maximum absolute atomic E-state index is 2.51. The first-order chi connectivity index (χ1) is 30.5. The zero-order chi connectivity index (χ0) is 41.5. The summed E-state index contributed by atoms with van der Waals surface area (Å²) in [6.45, 7) is 6.97. The fraction of sp³-hybridized carbons (Fsp3) is 0.0968. The third-order valence-electron chi connectivity index (χ3n) is 13.8. The summed E-state index contributed by atoms with van der Waals surface area (Å²) in [5.74, 6) is 0.328. The van der Waals surface area contributed by atoms with Gasteiger partial charge in [-0.25, -0.2) is 0 Å². The molecule has 0 heterocycles. The minimum Gasteiger partial charge on any atom is -0.0623 e. The van der Waals surface area contributed by atoms with E-state index < -0.39 is 0 Å². The second kappa shape index (κ2) is 14.2. The molecule has 0 N–H and O–H groups in total. The first kappa shape index (κ1) is 36.6. The lowest BCUT2D eigenvalue weighted by molar-refractivity contribution is 0.590. The van der Waals surface area contributed by atoms with Crippen LogP contribution >= 0.6 is 0 Å². The van der Waals surface area contributed by atoms with Gasteiger partial charge in [0.05, 0.1) is 0 Å². The van der Waals surface area contributed by atoms with Crippen LogP contribution in [0.15, 0.2) is 212 Å². The Bertz CT molecular complexity index is 3350. The maximum atomic E-state index is 2.51. The Morgan fingerprint density at radius 2 is 0.548 bits per heavy atom. The molecule has 12 rings (SSSR count). The van der Waals surface area contributed by atoms with Crippen molar-refractivity contribution in [1.82, 2.24) is 0 Å². The molecule has 62 heavy (non-hydrogen) atoms. The van der Waals surface area contributed by atoms with Crippen LogP contribution in [0.25, 0.3) is 88.3 Å². The maximum Gasteiger partial charge on any atom is 0.0212 e. The van der Waals surface area contributed by atoms with Crippen molar-refractivity contribution in [3.05, 3.63) is 240 Å². The Kier molecular flexibility index (Phi) is 8.34. The van der Waals surface area contributed by atoms with Crippen LogP contribution in [0.5, 0.6) is 0 Å². The molecule has 2 atom stereocenters. The minimum absolute atomic E-state index is 0.0188. The Balaban J connectivity index is 1.23. The second-order valence-corrected chi connectivity index (χ2v) is 18.2. The molecule has 0 bridgehead atoms. The number of rotatable bonds is 4. The lowest BCUT2D eigenvalue weighted by atomic mass is 9.71. The van der Waals surface area contributed by atoms with Gasteiger partial charge in [-0.1, -0.05) is 233 Å². The van der Waals surface area contributed by atoms with Crippen molar-refractivity contribution < 1.29 is 0 Å². The zero-order valence-corrected chi connectivity index (χ0v) is 35.4. The summed E-state index contributed by atoms with van der Waals surface area (Å²) >= 11 is 0. The van der Waals surface area contributed by atoms with Gasteiger partial charge in [-0.15, -0.1) is 0 Å². The Morgan fingerprint density at radius 1 is 0.274 bits per heavy atom. The van der Waals surface area contributed by atoms with Gasteiger partial charge in [0, 0.05) is 11.8 Å². The van der Waals surface area contributed by atoms with Crippen LogP contribution in [0.2, 0.25) is 0 Å². The number of benzene rings is 7. The number of hydrogen-bond donors (Lipinski definition) is 0. The highest BCUT2D eigenvalue weighted by atomic mass is 14.5. The topological polar surface area (TPSA) is 0 Å². The van der Waals surface area contributed by atoms with Crippen molar-refractivity contribution in [3.8, 4) is 44.5 Å². The summed E-state index contributed by atoms with van der Waals surface area (Å²) in [6.07, 6.45) is 10.0. The molecule has 8 aromatic carbocycles. The van der Waals surface area contributed by atoms with Gasteiger partial charge in [-0.2, -0.15) is 0 Å². The second-order valence-electron chi connectivity index (χ2n) is 18.2. The standard InChI is InChI=1S/C62H46/c1-62(2,3)43-29-21-28-42(38-43)55-47-33-20-19-32-46(47)54(41-26-15-10-16-27-41)60-50-35-34-48-56-49(36-37-51(57(50)56)61(55)60)59-53(40-24-13-9-14-25-40)45-31-18-7-5-4-6-17-30-44(45)52(58(48)59)39-22-11-8-12-23-39/h4-38,56-57H,1-3H3. The van der Waals surface area contributed by atoms with E-state index in [0.717, 1.165) is 0 Å². The number of hydrogen-bond acceptors (Lipinski definition) is 0. The van der Waals surface area contributed by atoms with Crippen LogP contribution in [0.3, 0.4) is 0 Å². The molecule has 0 radical (unpaired) electrons. The normalized spacial score (nSPS) is 16.7. The fourth-order valence-electron chi connectivity index (χ4n) is 11.2. The van der Waals surface area contributed by atoms with E-state index in [4.69, 9.17) is 0 Å². The molecule has 0 aliphatic heterocycles. The van der Waals surface area contributed by atoms with Crippen LogP contribution in [-0.4, -0.2) is 0 Å². The summed E-state index contributed by atoms with van der Waals surface area (Å²) in [5, 5.41) is 5.11. The Morgan fingerprint density at radius 3 is 0.903 bits per heavy atom. The van der Waals surface area contributed by atoms with Gasteiger partial charge in [-0.3, -0.25) is 0 Å². The SMILES string of the molecule is CC(C)(C)c1cccc(-c2c3c(c(-c4ccccc4)c4ccccc24)C2=CC=C4c5c(c(-c6ccccc6)c6ccccccccc6c5-c5ccccc5)C5=CC=C3C2C45)c1. The van der Waals surface area contributed by atoms with E-state index in [1.807, 2.05) is 0 Å². The quantitative estimate of drug-likeness (QED) is 0.167. The van der Waals surface area contributed by atoms with E-state index in [-0.39, 0.29) is 17.3 Å². The molecule has 294 valence electrons. The van der Waals surface area contributed by atoms with E-state index in [9.17, 15) is 0 Å². The van der Waals surface area contributed by atoms with Crippen LogP contribution in [0.4, 0.5) is 0 Å². The highest BCUT2D eigenvalue weighted by Crippen LogP contribution is 2.68. The molecule has 0 saturated heterocycles. The van der Waals surface area contributed by atoms with Crippen LogP contribution in [-0.2, 0) is 5.41 Å². The molecule has 0 amide bonds. The molecule has 0 saturated carbocycles. The number of allylic oxidation sites excluding steroid dienone is 8. The summed E-state index contributed by atoms with van der Waals surface area (Å²) < 4.78 is 0. The first-order valence-corrected chi connectivity index (χ1v) is 22.1. The smallest absolute Gasteiger partial charge is 0.0212 e. The molecular weight excluding hydrogens is 745 g/mol. The van der Waals surface area contributed by atoms with Gasteiger partial charge in [0.15, 0.2) is 0 Å². The largest absolute Gasteiger partial charge is 0.0623 e. The zero-order valence-electron chi connectivity index (χ0n) is 35.4. The fourth-order valence-corrected chi connectivity index (χ4v) is 11.2. The monoisotopic (exact) mass is 790 g/mol. The van der Waals surface area contributed by atoms with Crippen molar-refractivity contribution in [3.63, 3.8) is 0 Å². The lowest BCUT2D eigenvalue weighted by Gasteiger charge is -2.31. The predicted octanol–water partition coefficient (Wildman–Crippen LogP) is 16.6. The molecule has 4 aliphatic rings. The third kappa shape index (κ3) is 5.46. The third-order valence-corrected chi connectivity index (χ3v) is 13.8. The predicted molar refractivity (Wildman–Crippen MR) is 265 cm³/mol. The Hall–Kier alpha value is -7.28. The van der Waals surface area contributed by atoms with Gasteiger partial charge in [0.25, 0.3) is 0 Å². The highest BCUT2D eigenvalue weighted by Gasteiger charge is 2.50.